The molecule has 4 heterocycles. The number of nitrogens with zero attached hydrogens (tertiary/aromatic N) is 2. The molecule has 0 aliphatic carbocycles. The fourth-order valence-corrected chi connectivity index (χ4v) is 8.14. The van der Waals surface area contributed by atoms with Crippen LogP contribution < -0.4 is 30.3 Å². The number of aryl methyl sites for hydroxylation is 6. The van der Waals surface area contributed by atoms with Crippen LogP contribution in [0.3, 0.4) is 0 Å². The van der Waals surface area contributed by atoms with E-state index in [1.807, 2.05) is 0 Å². The molecule has 2 nitrogen and oxygen atoms in total. The lowest BCUT2D eigenvalue weighted by atomic mass is 9.49. The Morgan fingerprint density at radius 2 is 0.909 bits per heavy atom. The molecule has 0 radical (unpaired) electrons. The summed E-state index contributed by atoms with van der Waals surface area (Å²) >= 11 is 0. The summed E-state index contributed by atoms with van der Waals surface area (Å²) in [6.45, 7) is 14.2. The molecule has 0 saturated heterocycles. The second-order valence-electron chi connectivity index (χ2n) is 13.6. The number of hydrogen-bond donors (Lipinski definition) is 0. The van der Waals surface area contributed by atoms with Gasteiger partial charge in [-0.1, -0.05) is 76.6 Å². The fourth-order valence-electron chi connectivity index (χ4n) is 8.14. The van der Waals surface area contributed by atoms with Gasteiger partial charge in [-0.05, 0) is 111 Å². The Bertz CT molecular complexity index is 1720. The van der Waals surface area contributed by atoms with Crippen LogP contribution in [0.5, 0.6) is 0 Å². The van der Waals surface area contributed by atoms with Crippen LogP contribution in [0.15, 0.2) is 60.9 Å². The SMILES string of the molecule is CCCCCCc1cc(C)c(B2C=c3ccc[n+]4c3=c3c(ccc[n+]32)=CB4c2c(C)cc(CCCCCC)cc2C)c(C)c1. The minimum Gasteiger partial charge on any atom is -0.270 e. The molecule has 0 unspecified atom stereocenters. The molecule has 224 valence electrons. The van der Waals surface area contributed by atoms with Crippen molar-refractivity contribution >= 4 is 36.6 Å². The van der Waals surface area contributed by atoms with E-state index in [-0.39, 0.29) is 13.7 Å². The number of rotatable bonds is 12. The molecular formula is C40H50B2N2+2. The first-order valence-electron chi connectivity index (χ1n) is 17.4. The van der Waals surface area contributed by atoms with Crippen LogP contribution in [0, 0.1) is 38.4 Å². The molecule has 44 heavy (non-hydrogen) atoms. The predicted octanol–water partition coefficient (Wildman–Crippen LogP) is 5.19. The highest BCUT2D eigenvalue weighted by Crippen LogP contribution is 2.15. The molecule has 2 aliphatic heterocycles. The van der Waals surface area contributed by atoms with E-state index in [4.69, 9.17) is 0 Å². The third-order valence-corrected chi connectivity index (χ3v) is 10.1. The zero-order valence-electron chi connectivity index (χ0n) is 28.0. The van der Waals surface area contributed by atoms with Crippen molar-refractivity contribution in [2.24, 2.45) is 0 Å². The molecule has 0 spiro atoms. The van der Waals surface area contributed by atoms with Crippen molar-refractivity contribution in [3.8, 4) is 0 Å². The van der Waals surface area contributed by atoms with E-state index in [0.717, 1.165) is 0 Å². The van der Waals surface area contributed by atoms with Crippen LogP contribution in [0.1, 0.15) is 98.6 Å². The maximum Gasteiger partial charge on any atom is 0.553 e. The van der Waals surface area contributed by atoms with Crippen molar-refractivity contribution in [1.82, 2.24) is 0 Å². The van der Waals surface area contributed by atoms with Crippen molar-refractivity contribution in [2.75, 3.05) is 0 Å². The number of unbranched alkanes of at least 4 members (excludes halogenated alkanes) is 6. The first-order chi connectivity index (χ1) is 21.4. The van der Waals surface area contributed by atoms with Crippen molar-refractivity contribution in [2.45, 2.75) is 106 Å². The zero-order valence-corrected chi connectivity index (χ0v) is 28.0. The lowest BCUT2D eigenvalue weighted by molar-refractivity contribution is -0.580. The quantitative estimate of drug-likeness (QED) is 0.161. The van der Waals surface area contributed by atoms with E-state index in [1.165, 1.54) is 130 Å². The summed E-state index contributed by atoms with van der Waals surface area (Å²) in [5.74, 6) is 5.03. The second-order valence-corrected chi connectivity index (χ2v) is 13.6. The van der Waals surface area contributed by atoms with Gasteiger partial charge in [-0.15, -0.1) is 0 Å². The molecule has 4 aromatic rings. The average Bonchev–Trinajstić information content (AvgIpc) is 3.00. The van der Waals surface area contributed by atoms with E-state index in [9.17, 15) is 0 Å². The largest absolute Gasteiger partial charge is 0.553 e. The van der Waals surface area contributed by atoms with Crippen LogP contribution >= 0.6 is 0 Å². The fraction of sp³-hybridized carbons (Fsp3) is 0.400. The summed E-state index contributed by atoms with van der Waals surface area (Å²) < 4.78 is 5.08. The van der Waals surface area contributed by atoms with Crippen molar-refractivity contribution in [3.63, 3.8) is 0 Å². The van der Waals surface area contributed by atoms with Gasteiger partial charge in [-0.2, -0.15) is 0 Å². The van der Waals surface area contributed by atoms with Crippen LogP contribution in [-0.4, -0.2) is 13.7 Å². The topological polar surface area (TPSA) is 7.76 Å². The number of hydrogen-bond acceptors (Lipinski definition) is 0. The standard InChI is InChI=1S/C40H50B2N2/c1-7-9-11-13-17-33-23-29(3)37(30(4)24-33)41-27-35-19-16-22-44-40(35)39-36(20-15-21-43(39)41)28-42(44)38-31(5)25-34(26-32(38)6)18-14-12-10-8-2/h15-16,19-28H,7-14,17-18H2,1-6H3/q+2. The lowest BCUT2D eigenvalue weighted by Gasteiger charge is -2.18. The van der Waals surface area contributed by atoms with Gasteiger partial charge in [-0.3, -0.25) is 8.96 Å². The van der Waals surface area contributed by atoms with Gasteiger partial charge in [-0.25, -0.2) is 0 Å². The molecule has 0 N–H and O–H groups in total. The number of benzene rings is 2. The average molecular weight is 580 g/mol. The Morgan fingerprint density at radius 1 is 0.523 bits per heavy atom. The third kappa shape index (κ3) is 5.85. The molecule has 2 aromatic carbocycles. The van der Waals surface area contributed by atoms with Crippen molar-refractivity contribution < 1.29 is 8.96 Å². The Hall–Kier alpha value is -3.39. The highest BCUT2D eigenvalue weighted by Gasteiger charge is 2.42. The lowest BCUT2D eigenvalue weighted by Crippen LogP contribution is -2.70. The van der Waals surface area contributed by atoms with E-state index in [0.29, 0.717) is 0 Å². The van der Waals surface area contributed by atoms with Gasteiger partial charge in [0.1, 0.15) is 12.4 Å². The van der Waals surface area contributed by atoms with Crippen LogP contribution in [0.25, 0.3) is 12.0 Å². The van der Waals surface area contributed by atoms with Gasteiger partial charge < -0.3 is 0 Å². The summed E-state index contributed by atoms with van der Waals surface area (Å²) in [5, 5.41) is 5.37. The Labute approximate surface area is 266 Å². The monoisotopic (exact) mass is 580 g/mol. The van der Waals surface area contributed by atoms with Gasteiger partial charge in [0.25, 0.3) is 10.7 Å². The van der Waals surface area contributed by atoms with Gasteiger partial charge in [0.05, 0.1) is 0 Å². The molecule has 0 atom stereocenters. The first-order valence-corrected chi connectivity index (χ1v) is 17.4. The Balaban J connectivity index is 1.42. The third-order valence-electron chi connectivity index (χ3n) is 10.1. The Kier molecular flexibility index (Phi) is 9.26. The van der Waals surface area contributed by atoms with Gasteiger partial charge in [0.15, 0.2) is 0 Å². The van der Waals surface area contributed by atoms with Crippen LogP contribution in [0.2, 0.25) is 0 Å². The summed E-state index contributed by atoms with van der Waals surface area (Å²) in [6, 6.07) is 19.0. The molecule has 2 aliphatic rings. The molecule has 0 amide bonds. The van der Waals surface area contributed by atoms with Crippen LogP contribution in [0.4, 0.5) is 0 Å². The van der Waals surface area contributed by atoms with Crippen molar-refractivity contribution in [3.05, 3.63) is 115 Å². The minimum absolute atomic E-state index is 0.183. The predicted molar refractivity (Wildman–Crippen MR) is 188 cm³/mol. The maximum atomic E-state index is 2.54. The van der Waals surface area contributed by atoms with E-state index in [1.54, 1.807) is 0 Å². The molecular weight excluding hydrogens is 530 g/mol. The maximum absolute atomic E-state index is 2.54. The normalized spacial score (nSPS) is 13.0. The summed E-state index contributed by atoms with van der Waals surface area (Å²) in [5.41, 5.74) is 11.5. The zero-order chi connectivity index (χ0) is 30.8. The summed E-state index contributed by atoms with van der Waals surface area (Å²) in [4.78, 5) is 0. The summed E-state index contributed by atoms with van der Waals surface area (Å²) in [7, 11) is 0. The molecule has 2 aromatic heterocycles. The number of aromatic nitrogens is 2. The highest BCUT2D eigenvalue weighted by atomic mass is 14.9. The number of pyridine rings is 2. The van der Waals surface area contributed by atoms with Crippen molar-refractivity contribution in [1.29, 1.82) is 0 Å². The van der Waals surface area contributed by atoms with Crippen LogP contribution in [-0.2, 0) is 12.8 Å². The van der Waals surface area contributed by atoms with Gasteiger partial charge in [0.2, 0.25) is 0 Å². The highest BCUT2D eigenvalue weighted by molar-refractivity contribution is 6.80. The first kappa shape index (κ1) is 30.6. The van der Waals surface area contributed by atoms with E-state index >= 15 is 0 Å². The van der Waals surface area contributed by atoms with Gasteiger partial charge in [0, 0.05) is 33.5 Å². The van der Waals surface area contributed by atoms with E-state index < -0.39 is 0 Å². The summed E-state index contributed by atoms with van der Waals surface area (Å²) in [6.07, 6.45) is 17.4. The smallest absolute Gasteiger partial charge is 0.270 e. The molecule has 0 fully saturated rings. The minimum atomic E-state index is 0.183. The second kappa shape index (κ2) is 13.3. The molecule has 4 heteroatoms. The Morgan fingerprint density at radius 3 is 1.27 bits per heavy atom. The van der Waals surface area contributed by atoms with E-state index in [2.05, 4.69) is 123 Å². The van der Waals surface area contributed by atoms with Gasteiger partial charge >= 0.3 is 13.7 Å². The molecule has 0 bridgehead atoms. The molecule has 0 saturated carbocycles. The molecule has 6 rings (SSSR count).